The summed E-state index contributed by atoms with van der Waals surface area (Å²) in [4.78, 5) is 11.0. The van der Waals surface area contributed by atoms with Gasteiger partial charge in [0.15, 0.2) is 5.75 Å². The number of anilines is 1. The normalized spacial score (nSPS) is 10.2. The predicted molar refractivity (Wildman–Crippen MR) is 59.6 cm³/mol. The second kappa shape index (κ2) is 5.72. The molecule has 0 aliphatic carbocycles. The zero-order chi connectivity index (χ0) is 13.0. The van der Waals surface area contributed by atoms with Crippen LogP contribution in [0.15, 0.2) is 29.3 Å². The van der Waals surface area contributed by atoms with Crippen molar-refractivity contribution in [1.29, 1.82) is 0 Å². The first kappa shape index (κ1) is 13.6. The molecule has 17 heavy (non-hydrogen) atoms. The van der Waals surface area contributed by atoms with E-state index < -0.39 is 18.3 Å². The summed E-state index contributed by atoms with van der Waals surface area (Å²) in [5.41, 5.74) is -0.198. The van der Waals surface area contributed by atoms with Crippen LogP contribution in [0.25, 0.3) is 0 Å². The Bertz CT molecular complexity index is 451. The van der Waals surface area contributed by atoms with Gasteiger partial charge in [0.05, 0.1) is 10.2 Å². The van der Waals surface area contributed by atoms with Crippen molar-refractivity contribution < 1.29 is 22.7 Å². The van der Waals surface area contributed by atoms with Gasteiger partial charge in [0, 0.05) is 6.07 Å². The number of carbonyl (C=O) groups excluding carboxylic acids is 1. The van der Waals surface area contributed by atoms with Crippen molar-refractivity contribution in [2.45, 2.75) is 6.61 Å². The van der Waals surface area contributed by atoms with E-state index in [2.05, 4.69) is 32.6 Å². The van der Waals surface area contributed by atoms with Gasteiger partial charge in [0.25, 0.3) is 0 Å². The van der Waals surface area contributed by atoms with Crippen molar-refractivity contribution >= 4 is 27.5 Å². The van der Waals surface area contributed by atoms with Crippen LogP contribution in [0.5, 0.6) is 5.75 Å². The molecule has 92 valence electrons. The third-order valence-corrected chi connectivity index (χ3v) is 2.29. The monoisotopic (exact) mass is 309 g/mol. The standard InChI is InChI=1S/C10H7BrF3NO2/c1-2-9(16)15-7-4-6(12)5(11)3-8(7)17-10(13)14/h2-4,10H,1H2,(H,15,16). The SMILES string of the molecule is C=CC(=O)Nc1cc(F)c(Br)cc1OC(F)F. The van der Waals surface area contributed by atoms with Crippen LogP contribution >= 0.6 is 15.9 Å². The van der Waals surface area contributed by atoms with E-state index in [0.29, 0.717) is 0 Å². The Morgan fingerprint density at radius 2 is 2.18 bits per heavy atom. The fraction of sp³-hybridized carbons (Fsp3) is 0.100. The van der Waals surface area contributed by atoms with Crippen molar-refractivity contribution in [3.63, 3.8) is 0 Å². The number of rotatable bonds is 4. The molecular formula is C10H7BrF3NO2. The summed E-state index contributed by atoms with van der Waals surface area (Å²) in [6, 6.07) is 1.86. The fourth-order valence-electron chi connectivity index (χ4n) is 1.00. The van der Waals surface area contributed by atoms with E-state index in [1.165, 1.54) is 0 Å². The fourth-order valence-corrected chi connectivity index (χ4v) is 1.33. The molecule has 0 saturated heterocycles. The first-order valence-electron chi connectivity index (χ1n) is 4.31. The Morgan fingerprint density at radius 3 is 2.71 bits per heavy atom. The molecule has 0 aromatic heterocycles. The zero-order valence-electron chi connectivity index (χ0n) is 8.34. The second-order valence-corrected chi connectivity index (χ2v) is 3.69. The third-order valence-electron chi connectivity index (χ3n) is 1.68. The maximum absolute atomic E-state index is 13.2. The summed E-state index contributed by atoms with van der Waals surface area (Å²) in [5.74, 6) is -1.72. The summed E-state index contributed by atoms with van der Waals surface area (Å²) in [6.45, 7) is 0.106. The molecule has 0 bridgehead atoms. The van der Waals surface area contributed by atoms with Gasteiger partial charge in [-0.3, -0.25) is 4.79 Å². The molecule has 0 atom stereocenters. The molecule has 0 radical (unpaired) electrons. The largest absolute Gasteiger partial charge is 0.433 e. The number of hydrogen-bond acceptors (Lipinski definition) is 2. The molecule has 7 heteroatoms. The topological polar surface area (TPSA) is 38.3 Å². The van der Waals surface area contributed by atoms with Crippen LogP contribution in [0, 0.1) is 5.82 Å². The lowest BCUT2D eigenvalue weighted by atomic mass is 10.2. The van der Waals surface area contributed by atoms with Crippen molar-refractivity contribution in [2.24, 2.45) is 0 Å². The molecule has 3 nitrogen and oxygen atoms in total. The van der Waals surface area contributed by atoms with Gasteiger partial charge in [-0.05, 0) is 28.1 Å². The molecule has 0 aliphatic rings. The Labute approximate surface area is 103 Å². The highest BCUT2D eigenvalue weighted by Crippen LogP contribution is 2.32. The van der Waals surface area contributed by atoms with E-state index in [-0.39, 0.29) is 15.9 Å². The Morgan fingerprint density at radius 1 is 1.53 bits per heavy atom. The van der Waals surface area contributed by atoms with Gasteiger partial charge in [-0.15, -0.1) is 0 Å². The van der Waals surface area contributed by atoms with Gasteiger partial charge in [0.1, 0.15) is 5.82 Å². The predicted octanol–water partition coefficient (Wildman–Crippen LogP) is 3.31. The molecule has 0 fully saturated rings. The van der Waals surface area contributed by atoms with Gasteiger partial charge in [-0.2, -0.15) is 8.78 Å². The van der Waals surface area contributed by atoms with Crippen LogP contribution in [-0.4, -0.2) is 12.5 Å². The molecule has 0 heterocycles. The number of carbonyl (C=O) groups is 1. The van der Waals surface area contributed by atoms with Gasteiger partial charge < -0.3 is 10.1 Å². The molecule has 1 N–H and O–H groups in total. The van der Waals surface area contributed by atoms with E-state index in [4.69, 9.17) is 0 Å². The lowest BCUT2D eigenvalue weighted by Gasteiger charge is -2.11. The number of halogens is 4. The smallest absolute Gasteiger partial charge is 0.387 e. The summed E-state index contributed by atoms with van der Waals surface area (Å²) >= 11 is 2.82. The maximum Gasteiger partial charge on any atom is 0.387 e. The Kier molecular flexibility index (Phi) is 4.56. The van der Waals surface area contributed by atoms with Crippen LogP contribution in [0.3, 0.4) is 0 Å². The van der Waals surface area contributed by atoms with Crippen molar-refractivity contribution in [1.82, 2.24) is 0 Å². The minimum Gasteiger partial charge on any atom is -0.433 e. The minimum atomic E-state index is -3.08. The van der Waals surface area contributed by atoms with Crippen molar-refractivity contribution in [2.75, 3.05) is 5.32 Å². The molecule has 0 aliphatic heterocycles. The molecule has 0 spiro atoms. The van der Waals surface area contributed by atoms with Gasteiger partial charge >= 0.3 is 6.61 Å². The average Bonchev–Trinajstić information content (AvgIpc) is 2.24. The number of nitrogens with one attached hydrogen (secondary N) is 1. The highest BCUT2D eigenvalue weighted by molar-refractivity contribution is 9.10. The summed E-state index contributed by atoms with van der Waals surface area (Å²) < 4.78 is 41.5. The molecule has 1 amide bonds. The Balaban J connectivity index is 3.10. The van der Waals surface area contributed by atoms with E-state index in [0.717, 1.165) is 18.2 Å². The van der Waals surface area contributed by atoms with E-state index in [9.17, 15) is 18.0 Å². The number of amides is 1. The van der Waals surface area contributed by atoms with Crippen LogP contribution in [-0.2, 0) is 4.79 Å². The van der Waals surface area contributed by atoms with Crippen LogP contribution in [0.2, 0.25) is 0 Å². The van der Waals surface area contributed by atoms with Crippen molar-refractivity contribution in [3.8, 4) is 5.75 Å². The molecule has 0 unspecified atom stereocenters. The third kappa shape index (κ3) is 3.77. The summed E-state index contributed by atoms with van der Waals surface area (Å²) in [5, 5.41) is 2.16. The highest BCUT2D eigenvalue weighted by Gasteiger charge is 2.14. The molecule has 1 aromatic rings. The number of alkyl halides is 2. The number of benzene rings is 1. The van der Waals surface area contributed by atoms with E-state index >= 15 is 0 Å². The second-order valence-electron chi connectivity index (χ2n) is 2.83. The zero-order valence-corrected chi connectivity index (χ0v) is 9.93. The van der Waals surface area contributed by atoms with Gasteiger partial charge in [-0.1, -0.05) is 6.58 Å². The van der Waals surface area contributed by atoms with Gasteiger partial charge in [0.2, 0.25) is 5.91 Å². The highest BCUT2D eigenvalue weighted by atomic mass is 79.9. The summed E-state index contributed by atoms with van der Waals surface area (Å²) in [7, 11) is 0. The summed E-state index contributed by atoms with van der Waals surface area (Å²) in [6.07, 6.45) is 0.923. The number of hydrogen-bond donors (Lipinski definition) is 1. The van der Waals surface area contributed by atoms with Crippen LogP contribution in [0.1, 0.15) is 0 Å². The van der Waals surface area contributed by atoms with Crippen molar-refractivity contribution in [3.05, 3.63) is 35.1 Å². The first-order chi connectivity index (χ1) is 7.93. The Hall–Kier alpha value is -1.50. The van der Waals surface area contributed by atoms with Crippen LogP contribution < -0.4 is 10.1 Å². The quantitative estimate of drug-likeness (QED) is 0.867. The lowest BCUT2D eigenvalue weighted by Crippen LogP contribution is -2.11. The van der Waals surface area contributed by atoms with E-state index in [1.807, 2.05) is 0 Å². The number of ether oxygens (including phenoxy) is 1. The van der Waals surface area contributed by atoms with Crippen LogP contribution in [0.4, 0.5) is 18.9 Å². The van der Waals surface area contributed by atoms with E-state index in [1.54, 1.807) is 0 Å². The molecule has 1 rings (SSSR count). The molecule has 1 aromatic carbocycles. The molecule has 0 saturated carbocycles. The molecular weight excluding hydrogens is 303 g/mol. The lowest BCUT2D eigenvalue weighted by molar-refractivity contribution is -0.112. The first-order valence-corrected chi connectivity index (χ1v) is 5.10. The van der Waals surface area contributed by atoms with Gasteiger partial charge in [-0.25, -0.2) is 4.39 Å². The minimum absolute atomic E-state index is 0.0512. The average molecular weight is 310 g/mol. The maximum atomic E-state index is 13.2.